The fraction of sp³-hybridized carbons (Fsp3) is 0.169. The lowest BCUT2D eigenvalue weighted by atomic mass is 9.98. The molecule has 452 valence electrons. The lowest BCUT2D eigenvalue weighted by Gasteiger charge is -2.18. The Kier molecular flexibility index (Phi) is 23.0. The monoisotopic (exact) mass is 1200 g/mol. The molecule has 0 bridgehead atoms. The van der Waals surface area contributed by atoms with E-state index < -0.39 is 23.3 Å². The van der Waals surface area contributed by atoms with Gasteiger partial charge in [0.25, 0.3) is 5.78 Å². The van der Waals surface area contributed by atoms with Crippen molar-refractivity contribution >= 4 is 46.5 Å². The minimum Gasteiger partial charge on any atom is -0.488 e. The van der Waals surface area contributed by atoms with Gasteiger partial charge in [-0.05, 0) is 103 Å². The van der Waals surface area contributed by atoms with Gasteiger partial charge in [-0.2, -0.15) is 0 Å². The van der Waals surface area contributed by atoms with E-state index in [9.17, 15) is 38.4 Å². The van der Waals surface area contributed by atoms with Crippen LogP contribution in [0.3, 0.4) is 0 Å². The molecular formula is C77H66O13. The first kappa shape index (κ1) is 63.9. The van der Waals surface area contributed by atoms with Crippen LogP contribution in [0.1, 0.15) is 127 Å². The molecule has 1 atom stereocenters. The molecule has 9 rings (SSSR count). The standard InChI is InChI=1S/C77H66O13/c1-53(71(79)62-29-21-54(22-30-62)49-55-23-31-63(32-24-55)72(80)59-14-5-2-6-15-59)88-48-47-87-52-58(13-11-46-89-77(85)76(84)67-39-43-69(44-40-67)90-68-41-37-65(38-42-68)74(82)61-18-9-4-10-19-61)51-86-45-12-20-70(78)75(83)66-35-27-57(28-36-66)50-56-25-33-64(34-26-56)73(81)60-16-7-3-8-17-60/h2-10,14-19,21-44,58H,1,11-13,20,45-52H2. The molecule has 0 aromatic heterocycles. The molecule has 0 heterocycles. The van der Waals surface area contributed by atoms with E-state index >= 15 is 0 Å². The number of carbonyl (C=O) groups excluding carboxylic acids is 8. The minimum absolute atomic E-state index is 0.0273. The van der Waals surface area contributed by atoms with E-state index in [1.54, 1.807) is 121 Å². The number of ketones is 7. The van der Waals surface area contributed by atoms with E-state index in [2.05, 4.69) is 6.58 Å². The number of rotatable bonds is 34. The molecule has 0 fully saturated rings. The third kappa shape index (κ3) is 18.5. The second-order valence-corrected chi connectivity index (χ2v) is 21.5. The summed E-state index contributed by atoms with van der Waals surface area (Å²) in [6.07, 6.45) is 2.26. The molecular weight excluding hydrogens is 1130 g/mol. The normalized spacial score (nSPS) is 11.2. The number of Topliss-reactive ketones (excluding diaryl/α,β-unsaturated/α-hetero) is 4. The quantitative estimate of drug-likeness (QED) is 0.00928. The van der Waals surface area contributed by atoms with E-state index in [0.717, 1.165) is 22.3 Å². The molecule has 0 spiro atoms. The Morgan fingerprint density at radius 1 is 0.333 bits per heavy atom. The van der Waals surface area contributed by atoms with E-state index in [4.69, 9.17) is 23.7 Å². The van der Waals surface area contributed by atoms with Gasteiger partial charge in [-0.15, -0.1) is 0 Å². The molecule has 0 aliphatic rings. The van der Waals surface area contributed by atoms with Gasteiger partial charge in [-0.25, -0.2) is 4.79 Å². The first-order valence-electron chi connectivity index (χ1n) is 29.7. The molecule has 0 aliphatic carbocycles. The van der Waals surface area contributed by atoms with Crippen LogP contribution in [0.4, 0.5) is 0 Å². The minimum atomic E-state index is -1.02. The third-order valence-corrected chi connectivity index (χ3v) is 14.8. The van der Waals surface area contributed by atoms with Crippen LogP contribution in [0.5, 0.6) is 11.5 Å². The molecule has 0 radical (unpaired) electrons. The van der Waals surface area contributed by atoms with Crippen LogP contribution < -0.4 is 4.74 Å². The Morgan fingerprint density at radius 3 is 1.12 bits per heavy atom. The van der Waals surface area contributed by atoms with Crippen LogP contribution in [0.2, 0.25) is 0 Å². The summed E-state index contributed by atoms with van der Waals surface area (Å²) in [6.45, 7) is 4.49. The maximum atomic E-state index is 13.3. The topological polar surface area (TPSA) is 183 Å². The summed E-state index contributed by atoms with van der Waals surface area (Å²) in [5, 5.41) is 0. The van der Waals surface area contributed by atoms with E-state index in [1.165, 1.54) is 12.1 Å². The Labute approximate surface area is 522 Å². The number of esters is 1. The van der Waals surface area contributed by atoms with Gasteiger partial charge in [-0.1, -0.05) is 195 Å². The van der Waals surface area contributed by atoms with E-state index in [1.807, 2.05) is 103 Å². The van der Waals surface area contributed by atoms with E-state index in [-0.39, 0.29) is 98.4 Å². The molecule has 13 heteroatoms. The zero-order valence-corrected chi connectivity index (χ0v) is 49.6. The van der Waals surface area contributed by atoms with Crippen molar-refractivity contribution in [3.63, 3.8) is 0 Å². The number of allylic oxidation sites excluding steroid dienone is 1. The van der Waals surface area contributed by atoms with Gasteiger partial charge in [-0.3, -0.25) is 33.6 Å². The van der Waals surface area contributed by atoms with Crippen molar-refractivity contribution in [1.82, 2.24) is 0 Å². The predicted octanol–water partition coefficient (Wildman–Crippen LogP) is 14.2. The summed E-state index contributed by atoms with van der Waals surface area (Å²) < 4.78 is 29.0. The maximum Gasteiger partial charge on any atom is 0.379 e. The van der Waals surface area contributed by atoms with Gasteiger partial charge in [0.05, 0.1) is 26.4 Å². The fourth-order valence-electron chi connectivity index (χ4n) is 9.82. The number of hydrogen-bond donors (Lipinski definition) is 0. The van der Waals surface area contributed by atoms with Crippen molar-refractivity contribution in [3.05, 3.63) is 321 Å². The summed E-state index contributed by atoms with van der Waals surface area (Å²) in [7, 11) is 0. The second kappa shape index (κ2) is 32.4. The molecule has 9 aromatic carbocycles. The van der Waals surface area contributed by atoms with Crippen LogP contribution in [0, 0.1) is 5.92 Å². The first-order valence-corrected chi connectivity index (χ1v) is 29.7. The van der Waals surface area contributed by atoms with Crippen LogP contribution in [-0.2, 0) is 41.4 Å². The average molecular weight is 1200 g/mol. The lowest BCUT2D eigenvalue weighted by molar-refractivity contribution is -0.138. The molecule has 1 unspecified atom stereocenters. The number of carbonyl (C=O) groups is 8. The average Bonchev–Trinajstić information content (AvgIpc) is 2.66. The van der Waals surface area contributed by atoms with Gasteiger partial charge in [0.1, 0.15) is 18.1 Å². The van der Waals surface area contributed by atoms with Crippen LogP contribution in [0.15, 0.2) is 249 Å². The Hall–Kier alpha value is -10.6. The first-order chi connectivity index (χ1) is 43.8. The molecule has 0 saturated heterocycles. The molecule has 90 heavy (non-hydrogen) atoms. The lowest BCUT2D eigenvalue weighted by Crippen LogP contribution is -2.21. The molecule has 0 N–H and O–H groups in total. The van der Waals surface area contributed by atoms with Crippen molar-refractivity contribution in [3.8, 4) is 11.5 Å². The Bertz CT molecular complexity index is 3740. The molecule has 9 aromatic rings. The summed E-state index contributed by atoms with van der Waals surface area (Å²) in [5.74, 6) is -2.96. The van der Waals surface area contributed by atoms with Gasteiger partial charge in [0.15, 0.2) is 23.1 Å². The fourth-order valence-corrected chi connectivity index (χ4v) is 9.82. The largest absolute Gasteiger partial charge is 0.488 e. The third-order valence-electron chi connectivity index (χ3n) is 14.8. The molecule has 0 saturated carbocycles. The smallest absolute Gasteiger partial charge is 0.379 e. The summed E-state index contributed by atoms with van der Waals surface area (Å²) in [6, 6.07) is 68.9. The zero-order valence-electron chi connectivity index (χ0n) is 49.6. The highest BCUT2D eigenvalue weighted by Crippen LogP contribution is 2.25. The van der Waals surface area contributed by atoms with Gasteiger partial charge in [0.2, 0.25) is 17.3 Å². The Balaban J connectivity index is 0.714. The zero-order chi connectivity index (χ0) is 63.0. The molecule has 0 aliphatic heterocycles. The van der Waals surface area contributed by atoms with Gasteiger partial charge >= 0.3 is 5.97 Å². The summed E-state index contributed by atoms with van der Waals surface area (Å²) in [4.78, 5) is 104. The van der Waals surface area contributed by atoms with Crippen LogP contribution >= 0.6 is 0 Å². The Morgan fingerprint density at radius 2 is 0.689 bits per heavy atom. The van der Waals surface area contributed by atoms with Gasteiger partial charge < -0.3 is 23.7 Å². The number of hydrogen-bond acceptors (Lipinski definition) is 13. The maximum absolute atomic E-state index is 13.3. The molecule has 0 amide bonds. The van der Waals surface area contributed by atoms with E-state index in [0.29, 0.717) is 76.1 Å². The van der Waals surface area contributed by atoms with Crippen molar-refractivity contribution in [2.45, 2.75) is 38.5 Å². The van der Waals surface area contributed by atoms with Crippen molar-refractivity contribution in [2.75, 3.05) is 39.6 Å². The summed E-state index contributed by atoms with van der Waals surface area (Å²) in [5.41, 5.74) is 8.25. The SMILES string of the molecule is C=C(OCCOCC(CCCOC(=O)C(=O)c1ccc(Oc2ccc(C(=O)c3ccccc3)cc2)cc1)COCCCC(=O)C(=O)c1ccc(Cc2ccc(C(=O)c3ccccc3)cc2)cc1)C(=O)c1ccc(Cc2ccc(C(=O)c3ccccc3)cc2)cc1. The highest BCUT2D eigenvalue weighted by molar-refractivity contribution is 6.43. The second-order valence-electron chi connectivity index (χ2n) is 21.5. The van der Waals surface area contributed by atoms with Crippen molar-refractivity contribution in [2.24, 2.45) is 5.92 Å². The van der Waals surface area contributed by atoms with Crippen molar-refractivity contribution < 1.29 is 62.0 Å². The highest BCUT2D eigenvalue weighted by Gasteiger charge is 2.21. The predicted molar refractivity (Wildman–Crippen MR) is 342 cm³/mol. The molecule has 13 nitrogen and oxygen atoms in total. The van der Waals surface area contributed by atoms with Gasteiger partial charge in [0, 0.05) is 69.0 Å². The number of benzene rings is 9. The highest BCUT2D eigenvalue weighted by atomic mass is 16.5. The van der Waals surface area contributed by atoms with Crippen LogP contribution in [-0.4, -0.2) is 86.1 Å². The van der Waals surface area contributed by atoms with Crippen molar-refractivity contribution in [1.29, 1.82) is 0 Å². The van der Waals surface area contributed by atoms with Crippen LogP contribution in [0.25, 0.3) is 0 Å². The number of ether oxygens (including phenoxy) is 5. The summed E-state index contributed by atoms with van der Waals surface area (Å²) >= 11 is 0.